The summed E-state index contributed by atoms with van der Waals surface area (Å²) in [6.07, 6.45) is 4.55. The van der Waals surface area contributed by atoms with Crippen LogP contribution in [0, 0.1) is 11.3 Å². The first-order chi connectivity index (χ1) is 8.65. The Kier molecular flexibility index (Phi) is 3.63. The first-order valence-corrected chi connectivity index (χ1v) is 6.25. The number of carbonyl (C=O) groups excluding carboxylic acids is 1. The highest BCUT2D eigenvalue weighted by molar-refractivity contribution is 5.98. The first-order valence-electron chi connectivity index (χ1n) is 6.25. The second-order valence-electron chi connectivity index (χ2n) is 4.83. The molecule has 0 aliphatic heterocycles. The van der Waals surface area contributed by atoms with Gasteiger partial charge in [0.05, 0.1) is 16.8 Å². The largest absolute Gasteiger partial charge is 0.323 e. The smallest absolute Gasteiger partial charge is 0.244 e. The lowest BCUT2D eigenvalue weighted by atomic mass is 9.82. The highest BCUT2D eigenvalue weighted by atomic mass is 16.2. The lowest BCUT2D eigenvalue weighted by Gasteiger charge is -2.31. The van der Waals surface area contributed by atoms with Crippen LogP contribution in [0.25, 0.3) is 0 Å². The number of amides is 1. The molecule has 4 nitrogen and oxygen atoms in total. The minimum atomic E-state index is -0.777. The Bertz CT molecular complexity index is 484. The zero-order valence-electron chi connectivity index (χ0n) is 10.3. The minimum Gasteiger partial charge on any atom is -0.323 e. The van der Waals surface area contributed by atoms with Crippen LogP contribution >= 0.6 is 0 Å². The maximum absolute atomic E-state index is 12.2. The number of para-hydroxylation sites is 1. The summed E-state index contributed by atoms with van der Waals surface area (Å²) in [6, 6.07) is 9.03. The van der Waals surface area contributed by atoms with Gasteiger partial charge in [0.1, 0.15) is 6.07 Å². The topological polar surface area (TPSA) is 78.9 Å². The Morgan fingerprint density at radius 3 is 2.61 bits per heavy atom. The Balaban J connectivity index is 2.14. The van der Waals surface area contributed by atoms with Crippen LogP contribution in [0.5, 0.6) is 0 Å². The van der Waals surface area contributed by atoms with E-state index in [1.165, 1.54) is 0 Å². The fourth-order valence-corrected chi connectivity index (χ4v) is 2.35. The zero-order valence-corrected chi connectivity index (χ0v) is 10.3. The van der Waals surface area contributed by atoms with Gasteiger partial charge in [0.15, 0.2) is 0 Å². The second kappa shape index (κ2) is 5.19. The van der Waals surface area contributed by atoms with Crippen molar-refractivity contribution in [3.05, 3.63) is 29.8 Å². The van der Waals surface area contributed by atoms with Gasteiger partial charge in [-0.2, -0.15) is 5.26 Å². The van der Waals surface area contributed by atoms with E-state index >= 15 is 0 Å². The summed E-state index contributed by atoms with van der Waals surface area (Å²) in [6.45, 7) is 0. The average Bonchev–Trinajstić information content (AvgIpc) is 2.40. The molecule has 1 aliphatic carbocycles. The van der Waals surface area contributed by atoms with Crippen LogP contribution in [0.4, 0.5) is 5.69 Å². The van der Waals surface area contributed by atoms with E-state index in [1.807, 2.05) is 0 Å². The van der Waals surface area contributed by atoms with Crippen LogP contribution < -0.4 is 11.1 Å². The Morgan fingerprint density at radius 2 is 1.94 bits per heavy atom. The molecule has 0 radical (unpaired) electrons. The molecule has 0 aromatic heterocycles. The fourth-order valence-electron chi connectivity index (χ4n) is 2.35. The number of hydrogen-bond donors (Lipinski definition) is 2. The number of nitrogens with zero attached hydrogens (tertiary/aromatic N) is 1. The monoisotopic (exact) mass is 243 g/mol. The number of carbonyl (C=O) groups is 1. The van der Waals surface area contributed by atoms with E-state index in [2.05, 4.69) is 11.4 Å². The van der Waals surface area contributed by atoms with Gasteiger partial charge in [-0.3, -0.25) is 4.79 Å². The van der Waals surface area contributed by atoms with E-state index < -0.39 is 5.54 Å². The molecule has 0 atom stereocenters. The lowest BCUT2D eigenvalue weighted by Crippen LogP contribution is -2.52. The number of nitriles is 1. The lowest BCUT2D eigenvalue weighted by molar-refractivity contribution is -0.122. The van der Waals surface area contributed by atoms with E-state index in [1.54, 1.807) is 24.3 Å². The van der Waals surface area contributed by atoms with Gasteiger partial charge < -0.3 is 11.1 Å². The van der Waals surface area contributed by atoms with Gasteiger partial charge in [0, 0.05) is 0 Å². The van der Waals surface area contributed by atoms with Crippen molar-refractivity contribution >= 4 is 11.6 Å². The van der Waals surface area contributed by atoms with E-state index in [0.717, 1.165) is 19.3 Å². The quantitative estimate of drug-likeness (QED) is 0.835. The van der Waals surface area contributed by atoms with Gasteiger partial charge in [-0.15, -0.1) is 0 Å². The third-order valence-electron chi connectivity index (χ3n) is 3.49. The van der Waals surface area contributed by atoms with Crippen molar-refractivity contribution in [2.75, 3.05) is 5.32 Å². The first kappa shape index (κ1) is 12.6. The molecule has 94 valence electrons. The van der Waals surface area contributed by atoms with Crippen molar-refractivity contribution in [2.45, 2.75) is 37.6 Å². The van der Waals surface area contributed by atoms with Crippen molar-refractivity contribution in [1.29, 1.82) is 5.26 Å². The molecule has 1 aliphatic rings. The summed E-state index contributed by atoms with van der Waals surface area (Å²) in [5.41, 5.74) is 6.38. The molecule has 1 amide bonds. The van der Waals surface area contributed by atoms with Crippen molar-refractivity contribution in [3.8, 4) is 6.07 Å². The normalized spacial score (nSPS) is 17.8. The minimum absolute atomic E-state index is 0.176. The molecule has 18 heavy (non-hydrogen) atoms. The predicted octanol–water partition coefficient (Wildman–Crippen LogP) is 2.16. The van der Waals surface area contributed by atoms with Gasteiger partial charge in [0.25, 0.3) is 0 Å². The summed E-state index contributed by atoms with van der Waals surface area (Å²) < 4.78 is 0. The van der Waals surface area contributed by atoms with Gasteiger partial charge >= 0.3 is 0 Å². The van der Waals surface area contributed by atoms with E-state index in [4.69, 9.17) is 11.0 Å². The van der Waals surface area contributed by atoms with Crippen LogP contribution in [-0.4, -0.2) is 11.4 Å². The van der Waals surface area contributed by atoms with Gasteiger partial charge in [-0.05, 0) is 25.0 Å². The highest BCUT2D eigenvalue weighted by Crippen LogP contribution is 2.27. The molecule has 0 bridgehead atoms. The SMILES string of the molecule is N#Cc1ccccc1NC(=O)C1(N)CCCCC1. The molecular formula is C14H17N3O. The summed E-state index contributed by atoms with van der Waals surface area (Å²) >= 11 is 0. The van der Waals surface area contributed by atoms with E-state index in [9.17, 15) is 4.79 Å². The summed E-state index contributed by atoms with van der Waals surface area (Å²) in [4.78, 5) is 12.2. The number of nitrogens with one attached hydrogen (secondary N) is 1. The molecule has 1 aromatic carbocycles. The second-order valence-corrected chi connectivity index (χ2v) is 4.83. The van der Waals surface area contributed by atoms with Crippen molar-refractivity contribution in [1.82, 2.24) is 0 Å². The predicted molar refractivity (Wildman–Crippen MR) is 69.8 cm³/mol. The van der Waals surface area contributed by atoms with Crippen LogP contribution in [0.3, 0.4) is 0 Å². The number of anilines is 1. The Morgan fingerprint density at radius 1 is 1.28 bits per heavy atom. The van der Waals surface area contributed by atoms with Gasteiger partial charge in [0.2, 0.25) is 5.91 Å². The third kappa shape index (κ3) is 2.52. The summed E-state index contributed by atoms with van der Waals surface area (Å²) in [5, 5.41) is 11.8. The van der Waals surface area contributed by atoms with E-state index in [0.29, 0.717) is 24.1 Å². The van der Waals surface area contributed by atoms with Crippen LogP contribution in [0.1, 0.15) is 37.7 Å². The highest BCUT2D eigenvalue weighted by Gasteiger charge is 2.35. The molecule has 2 rings (SSSR count). The molecule has 4 heteroatoms. The number of benzene rings is 1. The van der Waals surface area contributed by atoms with Crippen molar-refractivity contribution in [3.63, 3.8) is 0 Å². The molecule has 0 unspecified atom stereocenters. The number of rotatable bonds is 2. The van der Waals surface area contributed by atoms with Gasteiger partial charge in [-0.25, -0.2) is 0 Å². The molecule has 1 aromatic rings. The third-order valence-corrected chi connectivity index (χ3v) is 3.49. The van der Waals surface area contributed by atoms with E-state index in [-0.39, 0.29) is 5.91 Å². The van der Waals surface area contributed by atoms with Crippen LogP contribution in [0.2, 0.25) is 0 Å². The summed E-state index contributed by atoms with van der Waals surface area (Å²) in [5.74, 6) is -0.176. The van der Waals surface area contributed by atoms with Crippen molar-refractivity contribution in [2.24, 2.45) is 5.73 Å². The van der Waals surface area contributed by atoms with Crippen LogP contribution in [-0.2, 0) is 4.79 Å². The molecule has 0 heterocycles. The zero-order chi connectivity index (χ0) is 13.0. The fraction of sp³-hybridized carbons (Fsp3) is 0.429. The molecule has 1 fully saturated rings. The number of nitrogens with two attached hydrogens (primary N) is 1. The average molecular weight is 243 g/mol. The van der Waals surface area contributed by atoms with Crippen molar-refractivity contribution < 1.29 is 4.79 Å². The standard InChI is InChI=1S/C14H17N3O/c15-10-11-6-2-3-7-12(11)17-13(18)14(16)8-4-1-5-9-14/h2-3,6-7H,1,4-5,8-9,16H2,(H,17,18). The maximum atomic E-state index is 12.2. The molecular weight excluding hydrogens is 226 g/mol. The molecule has 0 spiro atoms. The Hall–Kier alpha value is -1.86. The van der Waals surface area contributed by atoms with Crippen LogP contribution in [0.15, 0.2) is 24.3 Å². The Labute approximate surface area is 107 Å². The molecule has 0 saturated heterocycles. The summed E-state index contributed by atoms with van der Waals surface area (Å²) in [7, 11) is 0. The van der Waals surface area contributed by atoms with Gasteiger partial charge in [-0.1, -0.05) is 31.4 Å². The maximum Gasteiger partial charge on any atom is 0.244 e. The number of hydrogen-bond acceptors (Lipinski definition) is 3. The molecule has 3 N–H and O–H groups in total. The molecule has 1 saturated carbocycles.